The molecule has 144 valence electrons. The highest BCUT2D eigenvalue weighted by molar-refractivity contribution is 7.89. The number of sulfonamides is 1. The summed E-state index contributed by atoms with van der Waals surface area (Å²) in [6.45, 7) is 2.11. The van der Waals surface area contributed by atoms with Crippen LogP contribution in [0.5, 0.6) is 0 Å². The molecule has 9 nitrogen and oxygen atoms in total. The maximum atomic E-state index is 12.2. The number of benzene rings is 2. The summed E-state index contributed by atoms with van der Waals surface area (Å²) in [6.07, 6.45) is 0.528. The van der Waals surface area contributed by atoms with E-state index < -0.39 is 14.9 Å². The van der Waals surface area contributed by atoms with Gasteiger partial charge in [0.25, 0.3) is 5.69 Å². The Morgan fingerprint density at radius 2 is 1.59 bits per heavy atom. The smallest absolute Gasteiger partial charge is 0.269 e. The molecule has 3 N–H and O–H groups in total. The number of carbonyl (C=O) groups is 1. The Kier molecular flexibility index (Phi) is 6.85. The van der Waals surface area contributed by atoms with Crippen molar-refractivity contribution in [3.05, 3.63) is 58.6 Å². The van der Waals surface area contributed by atoms with Crippen molar-refractivity contribution in [3.8, 4) is 0 Å². The lowest BCUT2D eigenvalue weighted by atomic mass is 10.3. The number of nitro groups is 1. The van der Waals surface area contributed by atoms with Crippen LogP contribution in [-0.2, 0) is 14.8 Å². The largest absolute Gasteiger partial charge is 0.385 e. The van der Waals surface area contributed by atoms with Crippen LogP contribution in [0.3, 0.4) is 0 Å². The molecule has 2 aromatic carbocycles. The van der Waals surface area contributed by atoms with E-state index in [9.17, 15) is 23.3 Å². The van der Waals surface area contributed by atoms with Crippen molar-refractivity contribution < 1.29 is 18.1 Å². The van der Waals surface area contributed by atoms with Crippen LogP contribution < -0.4 is 15.4 Å². The van der Waals surface area contributed by atoms with Crippen LogP contribution in [0.1, 0.15) is 13.3 Å². The summed E-state index contributed by atoms with van der Waals surface area (Å²) in [6, 6.07) is 11.9. The van der Waals surface area contributed by atoms with Crippen LogP contribution in [0, 0.1) is 10.1 Å². The van der Waals surface area contributed by atoms with Gasteiger partial charge in [0.05, 0.1) is 9.82 Å². The molecule has 27 heavy (non-hydrogen) atoms. The second kappa shape index (κ2) is 9.10. The fourth-order valence-electron chi connectivity index (χ4n) is 2.23. The predicted molar refractivity (Wildman–Crippen MR) is 102 cm³/mol. The molecule has 0 aliphatic carbocycles. The van der Waals surface area contributed by atoms with Gasteiger partial charge in [-0.1, -0.05) is 0 Å². The Morgan fingerprint density at radius 1 is 1.00 bits per heavy atom. The van der Waals surface area contributed by atoms with E-state index in [1.165, 1.54) is 43.3 Å². The Balaban J connectivity index is 1.78. The number of nitro benzene ring substituents is 1. The van der Waals surface area contributed by atoms with E-state index in [2.05, 4.69) is 15.4 Å². The van der Waals surface area contributed by atoms with Gasteiger partial charge in [-0.25, -0.2) is 13.1 Å². The average molecular weight is 392 g/mol. The van der Waals surface area contributed by atoms with Crippen LogP contribution in [0.4, 0.5) is 17.1 Å². The monoisotopic (exact) mass is 392 g/mol. The highest BCUT2D eigenvalue weighted by atomic mass is 32.2. The number of anilines is 2. The van der Waals surface area contributed by atoms with Crippen LogP contribution in [0.25, 0.3) is 0 Å². The molecular formula is C17H20N4O5S. The summed E-state index contributed by atoms with van der Waals surface area (Å²) in [5.41, 5.74) is 1.25. The molecule has 0 atom stereocenters. The quantitative estimate of drug-likeness (QED) is 0.341. The van der Waals surface area contributed by atoms with Gasteiger partial charge >= 0.3 is 0 Å². The molecule has 2 rings (SSSR count). The lowest BCUT2D eigenvalue weighted by Gasteiger charge is -2.09. The van der Waals surface area contributed by atoms with Crippen molar-refractivity contribution >= 4 is 33.0 Å². The second-order valence-corrected chi connectivity index (χ2v) is 7.45. The zero-order valence-electron chi connectivity index (χ0n) is 14.6. The highest BCUT2D eigenvalue weighted by Crippen LogP contribution is 2.16. The number of hydrogen-bond acceptors (Lipinski definition) is 6. The molecule has 10 heteroatoms. The number of non-ortho nitro benzene ring substituents is 1. The van der Waals surface area contributed by atoms with Crippen LogP contribution >= 0.6 is 0 Å². The average Bonchev–Trinajstić information content (AvgIpc) is 2.61. The lowest BCUT2D eigenvalue weighted by Crippen LogP contribution is -2.26. The van der Waals surface area contributed by atoms with E-state index in [0.29, 0.717) is 18.7 Å². The van der Waals surface area contributed by atoms with E-state index in [0.717, 1.165) is 5.69 Å². The van der Waals surface area contributed by atoms with Gasteiger partial charge in [-0.05, 0) is 42.8 Å². The zero-order chi connectivity index (χ0) is 19.9. The summed E-state index contributed by atoms with van der Waals surface area (Å²) < 4.78 is 26.9. The van der Waals surface area contributed by atoms with E-state index in [1.54, 1.807) is 12.1 Å². The first-order valence-corrected chi connectivity index (χ1v) is 9.62. The zero-order valence-corrected chi connectivity index (χ0v) is 15.5. The van der Waals surface area contributed by atoms with Crippen molar-refractivity contribution in [3.63, 3.8) is 0 Å². The Hall–Kier alpha value is -2.98. The first kappa shape index (κ1) is 20.3. The molecule has 0 bridgehead atoms. The van der Waals surface area contributed by atoms with Crippen LogP contribution in [0.15, 0.2) is 53.4 Å². The van der Waals surface area contributed by atoms with Gasteiger partial charge in [0.2, 0.25) is 15.9 Å². The molecule has 0 unspecified atom stereocenters. The third kappa shape index (κ3) is 6.35. The Bertz CT molecular complexity index is 896. The molecule has 0 saturated heterocycles. The van der Waals surface area contributed by atoms with Gasteiger partial charge < -0.3 is 10.6 Å². The minimum Gasteiger partial charge on any atom is -0.385 e. The Morgan fingerprint density at radius 3 is 2.15 bits per heavy atom. The minimum absolute atomic E-state index is 0.0119. The van der Waals surface area contributed by atoms with Crippen molar-refractivity contribution in [2.24, 2.45) is 0 Å². The minimum atomic E-state index is -3.63. The van der Waals surface area contributed by atoms with Gasteiger partial charge in [0.1, 0.15) is 0 Å². The topological polar surface area (TPSA) is 130 Å². The Labute approximate surface area is 157 Å². The van der Waals surface area contributed by atoms with E-state index in [1.807, 2.05) is 0 Å². The number of nitrogens with one attached hydrogen (secondary N) is 3. The molecule has 0 radical (unpaired) electrons. The van der Waals surface area contributed by atoms with Gasteiger partial charge in [0.15, 0.2) is 0 Å². The molecular weight excluding hydrogens is 372 g/mol. The van der Waals surface area contributed by atoms with Crippen molar-refractivity contribution in [2.75, 3.05) is 23.7 Å². The fourth-order valence-corrected chi connectivity index (χ4v) is 3.31. The van der Waals surface area contributed by atoms with E-state index in [4.69, 9.17) is 0 Å². The molecule has 0 aliphatic heterocycles. The number of carbonyl (C=O) groups excluding carboxylic acids is 1. The third-order valence-corrected chi connectivity index (χ3v) is 5.01. The predicted octanol–water partition coefficient (Wildman–Crippen LogP) is 2.33. The molecule has 1 amide bonds. The van der Waals surface area contributed by atoms with Gasteiger partial charge in [-0.15, -0.1) is 0 Å². The molecule has 0 saturated carbocycles. The molecule has 0 aliphatic rings. The van der Waals surface area contributed by atoms with E-state index in [-0.39, 0.29) is 23.0 Å². The standard InChI is InChI=1S/C17H20N4O5S/c1-13(22)20-15-5-9-17(10-6-15)27(25,26)19-12-2-11-18-14-3-7-16(8-4-14)21(23)24/h3-10,18-19H,2,11-12H2,1H3,(H,20,22). The molecule has 0 spiro atoms. The summed E-state index contributed by atoms with van der Waals surface area (Å²) in [7, 11) is -3.63. The number of nitrogens with zero attached hydrogens (tertiary/aromatic N) is 1. The van der Waals surface area contributed by atoms with Crippen molar-refractivity contribution in [1.29, 1.82) is 0 Å². The highest BCUT2D eigenvalue weighted by Gasteiger charge is 2.13. The summed E-state index contributed by atoms with van der Waals surface area (Å²) in [4.78, 5) is 21.2. The summed E-state index contributed by atoms with van der Waals surface area (Å²) >= 11 is 0. The number of amides is 1. The maximum absolute atomic E-state index is 12.2. The summed E-state index contributed by atoms with van der Waals surface area (Å²) in [5, 5.41) is 16.2. The van der Waals surface area contributed by atoms with Gasteiger partial charge in [0, 0.05) is 43.5 Å². The van der Waals surface area contributed by atoms with E-state index >= 15 is 0 Å². The lowest BCUT2D eigenvalue weighted by molar-refractivity contribution is -0.384. The summed E-state index contributed by atoms with van der Waals surface area (Å²) in [5.74, 6) is -0.232. The maximum Gasteiger partial charge on any atom is 0.269 e. The first-order valence-electron chi connectivity index (χ1n) is 8.13. The number of hydrogen-bond donors (Lipinski definition) is 3. The van der Waals surface area contributed by atoms with Gasteiger partial charge in [-0.2, -0.15) is 0 Å². The van der Waals surface area contributed by atoms with Crippen LogP contribution in [0.2, 0.25) is 0 Å². The molecule has 2 aromatic rings. The van der Waals surface area contributed by atoms with Gasteiger partial charge in [-0.3, -0.25) is 14.9 Å². The second-order valence-electron chi connectivity index (χ2n) is 5.69. The normalized spacial score (nSPS) is 11.0. The third-order valence-electron chi connectivity index (χ3n) is 3.54. The first-order chi connectivity index (χ1) is 12.8. The molecule has 0 aromatic heterocycles. The van der Waals surface area contributed by atoms with Crippen molar-refractivity contribution in [2.45, 2.75) is 18.2 Å². The van der Waals surface area contributed by atoms with Crippen molar-refractivity contribution in [1.82, 2.24) is 4.72 Å². The van der Waals surface area contributed by atoms with Crippen LogP contribution in [-0.4, -0.2) is 32.3 Å². The number of rotatable bonds is 9. The molecule has 0 fully saturated rings. The SMILES string of the molecule is CC(=O)Nc1ccc(S(=O)(=O)NCCCNc2ccc([N+](=O)[O-])cc2)cc1. The molecule has 0 heterocycles. The fraction of sp³-hybridized carbons (Fsp3) is 0.235.